The Morgan fingerprint density at radius 1 is 1.10 bits per heavy atom. The van der Waals surface area contributed by atoms with Crippen LogP contribution in [0.25, 0.3) is 22.3 Å². The smallest absolute Gasteiger partial charge is 0.164 e. The van der Waals surface area contributed by atoms with Crippen LogP contribution in [0.2, 0.25) is 5.15 Å². The summed E-state index contributed by atoms with van der Waals surface area (Å²) in [7, 11) is 1.58. The van der Waals surface area contributed by atoms with Gasteiger partial charge in [0.25, 0.3) is 0 Å². The number of hydrogen-bond acceptors (Lipinski definition) is 3. The molecule has 0 fully saturated rings. The number of hydrogen-bond donors (Lipinski definition) is 0. The summed E-state index contributed by atoms with van der Waals surface area (Å²) in [4.78, 5) is 8.60. The molecular weight excluding hydrogens is 291 g/mol. The molecule has 0 amide bonds. The molecule has 0 bridgehead atoms. The summed E-state index contributed by atoms with van der Waals surface area (Å²) in [5.74, 6) is 0.575. The normalized spacial score (nSPS) is 10.9. The molecule has 21 heavy (non-hydrogen) atoms. The highest BCUT2D eigenvalue weighted by Crippen LogP contribution is 2.29. The Morgan fingerprint density at radius 2 is 1.90 bits per heavy atom. The molecule has 0 atom stereocenters. The topological polar surface area (TPSA) is 35.0 Å². The lowest BCUT2D eigenvalue weighted by atomic mass is 10.1. The first-order valence-corrected chi connectivity index (χ1v) is 6.74. The quantitative estimate of drug-likeness (QED) is 0.658. The molecular formula is C16H12ClFN2O. The summed E-state index contributed by atoms with van der Waals surface area (Å²) >= 11 is 6.20. The van der Waals surface area contributed by atoms with Crippen LogP contribution in [-0.2, 0) is 0 Å². The van der Waals surface area contributed by atoms with E-state index in [4.69, 9.17) is 16.3 Å². The Bertz CT molecular complexity index is 836. The zero-order valence-corrected chi connectivity index (χ0v) is 12.3. The van der Waals surface area contributed by atoms with Gasteiger partial charge in [0.15, 0.2) is 5.82 Å². The Balaban J connectivity index is 2.23. The fourth-order valence-electron chi connectivity index (χ4n) is 2.13. The van der Waals surface area contributed by atoms with Gasteiger partial charge in [0.2, 0.25) is 0 Å². The molecule has 0 aliphatic carbocycles. The van der Waals surface area contributed by atoms with Crippen LogP contribution in [0, 0.1) is 12.7 Å². The van der Waals surface area contributed by atoms with Crippen LogP contribution in [-0.4, -0.2) is 17.1 Å². The SMILES string of the molecule is COc1ccc2nc(-c3cc(C)ccc3F)nc(Cl)c2c1. The molecule has 0 radical (unpaired) electrons. The van der Waals surface area contributed by atoms with E-state index in [0.29, 0.717) is 22.2 Å². The number of benzene rings is 2. The molecule has 3 rings (SSSR count). The number of aryl methyl sites for hydroxylation is 1. The Hall–Kier alpha value is -2.20. The number of nitrogens with zero attached hydrogens (tertiary/aromatic N) is 2. The van der Waals surface area contributed by atoms with Crippen molar-refractivity contribution in [3.05, 3.63) is 52.9 Å². The summed E-state index contributed by atoms with van der Waals surface area (Å²) in [5.41, 5.74) is 1.92. The van der Waals surface area contributed by atoms with Gasteiger partial charge in [-0.3, -0.25) is 0 Å². The Labute approximate surface area is 126 Å². The molecule has 2 aromatic carbocycles. The molecule has 0 N–H and O–H groups in total. The first-order valence-electron chi connectivity index (χ1n) is 6.36. The van der Waals surface area contributed by atoms with E-state index in [1.54, 1.807) is 37.4 Å². The number of ether oxygens (including phenoxy) is 1. The van der Waals surface area contributed by atoms with Crippen LogP contribution in [0.3, 0.4) is 0 Å². The second-order valence-electron chi connectivity index (χ2n) is 4.70. The van der Waals surface area contributed by atoms with E-state index in [9.17, 15) is 4.39 Å². The summed E-state index contributed by atoms with van der Waals surface area (Å²) in [5, 5.41) is 0.947. The molecule has 0 saturated carbocycles. The van der Waals surface area contributed by atoms with Crippen molar-refractivity contribution in [1.29, 1.82) is 0 Å². The fraction of sp³-hybridized carbons (Fsp3) is 0.125. The maximum absolute atomic E-state index is 14.0. The van der Waals surface area contributed by atoms with Crippen molar-refractivity contribution in [2.45, 2.75) is 6.92 Å². The van der Waals surface area contributed by atoms with Gasteiger partial charge < -0.3 is 4.74 Å². The minimum atomic E-state index is -0.371. The Morgan fingerprint density at radius 3 is 2.67 bits per heavy atom. The van der Waals surface area contributed by atoms with Gasteiger partial charge in [0.1, 0.15) is 16.7 Å². The van der Waals surface area contributed by atoms with Gasteiger partial charge in [0, 0.05) is 5.39 Å². The number of aromatic nitrogens is 2. The van der Waals surface area contributed by atoms with Gasteiger partial charge in [-0.25, -0.2) is 14.4 Å². The van der Waals surface area contributed by atoms with Gasteiger partial charge in [-0.2, -0.15) is 0 Å². The van der Waals surface area contributed by atoms with Crippen molar-refractivity contribution < 1.29 is 9.13 Å². The van der Waals surface area contributed by atoms with E-state index in [2.05, 4.69) is 9.97 Å². The van der Waals surface area contributed by atoms with Gasteiger partial charge in [-0.15, -0.1) is 0 Å². The predicted molar refractivity (Wildman–Crippen MR) is 81.2 cm³/mol. The largest absolute Gasteiger partial charge is 0.497 e. The van der Waals surface area contributed by atoms with Gasteiger partial charge >= 0.3 is 0 Å². The first kappa shape index (κ1) is 13.8. The van der Waals surface area contributed by atoms with Crippen LogP contribution >= 0.6 is 11.6 Å². The molecule has 5 heteroatoms. The summed E-state index contributed by atoms with van der Waals surface area (Å²) in [6.07, 6.45) is 0. The molecule has 106 valence electrons. The molecule has 0 aliphatic heterocycles. The van der Waals surface area contributed by atoms with Gasteiger partial charge in [-0.05, 0) is 37.3 Å². The lowest BCUT2D eigenvalue weighted by Gasteiger charge is -2.07. The van der Waals surface area contributed by atoms with Gasteiger partial charge in [-0.1, -0.05) is 23.2 Å². The fourth-order valence-corrected chi connectivity index (χ4v) is 2.36. The van der Waals surface area contributed by atoms with Crippen LogP contribution in [0.1, 0.15) is 5.56 Å². The van der Waals surface area contributed by atoms with E-state index < -0.39 is 0 Å². The minimum Gasteiger partial charge on any atom is -0.497 e. The third kappa shape index (κ3) is 2.54. The molecule has 3 aromatic rings. The average Bonchev–Trinajstić information content (AvgIpc) is 2.49. The lowest BCUT2D eigenvalue weighted by molar-refractivity contribution is 0.415. The van der Waals surface area contributed by atoms with Crippen molar-refractivity contribution in [3.8, 4) is 17.1 Å². The average molecular weight is 303 g/mol. The van der Waals surface area contributed by atoms with E-state index >= 15 is 0 Å². The van der Waals surface area contributed by atoms with Crippen LogP contribution in [0.4, 0.5) is 4.39 Å². The summed E-state index contributed by atoms with van der Waals surface area (Å²) in [6.45, 7) is 1.89. The lowest BCUT2D eigenvalue weighted by Crippen LogP contribution is -1.95. The Kier molecular flexibility index (Phi) is 3.47. The van der Waals surface area contributed by atoms with Crippen molar-refractivity contribution in [1.82, 2.24) is 9.97 Å². The molecule has 1 aromatic heterocycles. The molecule has 0 aliphatic rings. The zero-order valence-electron chi connectivity index (χ0n) is 11.5. The van der Waals surface area contributed by atoms with Crippen molar-refractivity contribution >= 4 is 22.5 Å². The highest BCUT2D eigenvalue weighted by atomic mass is 35.5. The molecule has 0 spiro atoms. The number of methoxy groups -OCH3 is 1. The summed E-state index contributed by atoms with van der Waals surface area (Å²) < 4.78 is 19.1. The highest BCUT2D eigenvalue weighted by molar-refractivity contribution is 6.34. The summed E-state index contributed by atoms with van der Waals surface area (Å²) in [6, 6.07) is 10.1. The monoisotopic (exact) mass is 302 g/mol. The molecule has 1 heterocycles. The standard InChI is InChI=1S/C16H12ClFN2O/c1-9-3-5-13(18)11(7-9)16-19-14-6-4-10(21-2)8-12(14)15(17)20-16/h3-8H,1-2H3. The maximum Gasteiger partial charge on any atom is 0.164 e. The predicted octanol–water partition coefficient (Wildman–Crippen LogP) is 4.41. The molecule has 0 saturated heterocycles. The second-order valence-corrected chi connectivity index (χ2v) is 5.06. The van der Waals surface area contributed by atoms with Crippen LogP contribution in [0.15, 0.2) is 36.4 Å². The van der Waals surface area contributed by atoms with Gasteiger partial charge in [0.05, 0.1) is 18.2 Å². The second kappa shape index (κ2) is 5.30. The maximum atomic E-state index is 14.0. The number of halogens is 2. The number of fused-ring (bicyclic) bond motifs is 1. The van der Waals surface area contributed by atoms with E-state index in [0.717, 1.165) is 5.56 Å². The first-order chi connectivity index (χ1) is 10.1. The highest BCUT2D eigenvalue weighted by Gasteiger charge is 2.12. The molecule has 3 nitrogen and oxygen atoms in total. The molecule has 0 unspecified atom stereocenters. The van der Waals surface area contributed by atoms with E-state index in [1.807, 2.05) is 6.92 Å². The van der Waals surface area contributed by atoms with Crippen molar-refractivity contribution in [2.24, 2.45) is 0 Å². The van der Waals surface area contributed by atoms with Crippen molar-refractivity contribution in [2.75, 3.05) is 7.11 Å². The van der Waals surface area contributed by atoms with E-state index in [1.165, 1.54) is 6.07 Å². The minimum absolute atomic E-state index is 0.273. The third-order valence-electron chi connectivity index (χ3n) is 3.22. The number of rotatable bonds is 2. The van der Waals surface area contributed by atoms with Crippen LogP contribution < -0.4 is 4.74 Å². The zero-order chi connectivity index (χ0) is 15.0. The van der Waals surface area contributed by atoms with Crippen molar-refractivity contribution in [3.63, 3.8) is 0 Å². The van der Waals surface area contributed by atoms with Crippen LogP contribution in [0.5, 0.6) is 5.75 Å². The third-order valence-corrected chi connectivity index (χ3v) is 3.51. The van der Waals surface area contributed by atoms with E-state index in [-0.39, 0.29) is 16.8 Å².